The van der Waals surface area contributed by atoms with Crippen LogP contribution in [0.25, 0.3) is 11.3 Å². The third-order valence-electron chi connectivity index (χ3n) is 4.53. The Balaban J connectivity index is 2.03. The molecule has 0 saturated carbocycles. The van der Waals surface area contributed by atoms with Gasteiger partial charge in [0.25, 0.3) is 10.1 Å². The number of hydrogen-bond acceptors (Lipinski definition) is 3. The standard InChI is InChI=1S/C18H23NO3S/c1-12-6-7-15-14(10-12)17-16(18(15,3)4)8-9-19(17)11-13(2)22-23(5,20)21/h6-10,13H,11H2,1-5H3/t13-/m0/s1. The molecule has 0 N–H and O–H groups in total. The highest BCUT2D eigenvalue weighted by Gasteiger charge is 2.37. The lowest BCUT2D eigenvalue weighted by atomic mass is 9.83. The Morgan fingerprint density at radius 3 is 2.57 bits per heavy atom. The maximum absolute atomic E-state index is 11.3. The van der Waals surface area contributed by atoms with E-state index >= 15 is 0 Å². The SMILES string of the molecule is Cc1ccc2c(c1)-c1c(ccn1C[C@H](C)OS(C)(=O)=O)C2(C)C. The van der Waals surface area contributed by atoms with Crippen molar-refractivity contribution in [3.8, 4) is 11.3 Å². The van der Waals surface area contributed by atoms with Gasteiger partial charge in [-0.2, -0.15) is 8.42 Å². The van der Waals surface area contributed by atoms with Crippen LogP contribution < -0.4 is 0 Å². The normalized spacial score (nSPS) is 16.9. The third-order valence-corrected chi connectivity index (χ3v) is 5.21. The van der Waals surface area contributed by atoms with Gasteiger partial charge in [-0.15, -0.1) is 0 Å². The van der Waals surface area contributed by atoms with Crippen LogP contribution in [0.2, 0.25) is 0 Å². The Morgan fingerprint density at radius 1 is 1.22 bits per heavy atom. The predicted molar refractivity (Wildman–Crippen MR) is 92.1 cm³/mol. The average molecular weight is 333 g/mol. The summed E-state index contributed by atoms with van der Waals surface area (Å²) in [6.07, 6.45) is 2.71. The Bertz CT molecular complexity index is 862. The van der Waals surface area contributed by atoms with Gasteiger partial charge in [0.2, 0.25) is 0 Å². The minimum atomic E-state index is -3.44. The minimum absolute atomic E-state index is 0.0372. The maximum atomic E-state index is 11.3. The van der Waals surface area contributed by atoms with E-state index in [1.54, 1.807) is 6.92 Å². The molecule has 3 rings (SSSR count). The van der Waals surface area contributed by atoms with E-state index in [1.165, 1.54) is 27.9 Å². The van der Waals surface area contributed by atoms with Crippen LogP contribution in [0, 0.1) is 6.92 Å². The average Bonchev–Trinajstić information content (AvgIpc) is 2.87. The van der Waals surface area contributed by atoms with Crippen molar-refractivity contribution in [2.24, 2.45) is 0 Å². The van der Waals surface area contributed by atoms with Gasteiger partial charge in [0.15, 0.2) is 0 Å². The highest BCUT2D eigenvalue weighted by Crippen LogP contribution is 2.49. The number of fused-ring (bicyclic) bond motifs is 3. The minimum Gasteiger partial charge on any atom is -0.345 e. The molecule has 0 bridgehead atoms. The van der Waals surface area contributed by atoms with E-state index in [2.05, 4.69) is 49.6 Å². The fraction of sp³-hybridized carbons (Fsp3) is 0.444. The van der Waals surface area contributed by atoms with Crippen molar-refractivity contribution < 1.29 is 12.6 Å². The van der Waals surface area contributed by atoms with E-state index in [9.17, 15) is 8.42 Å². The van der Waals surface area contributed by atoms with Crippen LogP contribution in [0.15, 0.2) is 30.5 Å². The summed E-state index contributed by atoms with van der Waals surface area (Å²) in [4.78, 5) is 0. The zero-order valence-corrected chi connectivity index (χ0v) is 15.1. The first kappa shape index (κ1) is 16.3. The zero-order chi connectivity index (χ0) is 17.0. The fourth-order valence-corrected chi connectivity index (χ4v) is 4.24. The second-order valence-corrected chi connectivity index (χ2v) is 8.62. The molecule has 0 radical (unpaired) electrons. The molecular formula is C18H23NO3S. The summed E-state index contributed by atoms with van der Waals surface area (Å²) < 4.78 is 29.8. The molecule has 0 fully saturated rings. The van der Waals surface area contributed by atoms with E-state index in [0.29, 0.717) is 6.54 Å². The van der Waals surface area contributed by atoms with Crippen LogP contribution in [-0.4, -0.2) is 25.3 Å². The molecule has 124 valence electrons. The summed E-state index contributed by atoms with van der Waals surface area (Å²) >= 11 is 0. The van der Waals surface area contributed by atoms with E-state index in [4.69, 9.17) is 4.18 Å². The smallest absolute Gasteiger partial charge is 0.264 e. The van der Waals surface area contributed by atoms with Gasteiger partial charge >= 0.3 is 0 Å². The first-order chi connectivity index (χ1) is 10.6. The number of hydrogen-bond donors (Lipinski definition) is 0. The van der Waals surface area contributed by atoms with Crippen molar-refractivity contribution in [2.75, 3.05) is 6.26 Å². The molecule has 1 aromatic carbocycles. The molecule has 5 heteroatoms. The Morgan fingerprint density at radius 2 is 1.91 bits per heavy atom. The monoisotopic (exact) mass is 333 g/mol. The van der Waals surface area contributed by atoms with Crippen LogP contribution in [0.3, 0.4) is 0 Å². The summed E-state index contributed by atoms with van der Waals surface area (Å²) in [5, 5.41) is 0. The molecular weight excluding hydrogens is 310 g/mol. The Hall–Kier alpha value is -1.59. The molecule has 0 amide bonds. The largest absolute Gasteiger partial charge is 0.345 e. The van der Waals surface area contributed by atoms with Gasteiger partial charge in [0.05, 0.1) is 24.6 Å². The van der Waals surface area contributed by atoms with Crippen LogP contribution in [0.4, 0.5) is 0 Å². The zero-order valence-electron chi connectivity index (χ0n) is 14.3. The second kappa shape index (κ2) is 5.21. The second-order valence-electron chi connectivity index (χ2n) is 7.02. The number of aryl methyl sites for hydroxylation is 1. The molecule has 1 atom stereocenters. The van der Waals surface area contributed by atoms with Gasteiger partial charge in [-0.3, -0.25) is 4.18 Å². The topological polar surface area (TPSA) is 48.3 Å². The summed E-state index contributed by atoms with van der Waals surface area (Å²) in [6, 6.07) is 8.69. The molecule has 23 heavy (non-hydrogen) atoms. The Labute approximate surface area is 138 Å². The van der Waals surface area contributed by atoms with Crippen molar-refractivity contribution >= 4 is 10.1 Å². The lowest BCUT2D eigenvalue weighted by Crippen LogP contribution is -2.20. The highest BCUT2D eigenvalue weighted by atomic mass is 32.2. The van der Waals surface area contributed by atoms with Crippen LogP contribution in [0.5, 0.6) is 0 Å². The van der Waals surface area contributed by atoms with E-state index in [-0.39, 0.29) is 5.41 Å². The van der Waals surface area contributed by atoms with Crippen LogP contribution in [0.1, 0.15) is 37.5 Å². The summed E-state index contributed by atoms with van der Waals surface area (Å²) in [5.41, 5.74) is 6.20. The van der Waals surface area contributed by atoms with Gasteiger partial charge in [-0.25, -0.2) is 0 Å². The van der Waals surface area contributed by atoms with Crippen molar-refractivity contribution in [1.29, 1.82) is 0 Å². The fourth-order valence-electron chi connectivity index (χ4n) is 3.58. The quantitative estimate of drug-likeness (QED) is 0.805. The van der Waals surface area contributed by atoms with Crippen LogP contribution >= 0.6 is 0 Å². The molecule has 1 heterocycles. The first-order valence-electron chi connectivity index (χ1n) is 7.79. The van der Waals surface area contributed by atoms with Gasteiger partial charge < -0.3 is 4.57 Å². The number of rotatable bonds is 4. The molecule has 1 aromatic heterocycles. The highest BCUT2D eigenvalue weighted by molar-refractivity contribution is 7.86. The third kappa shape index (κ3) is 2.83. The molecule has 0 unspecified atom stereocenters. The van der Waals surface area contributed by atoms with E-state index < -0.39 is 16.2 Å². The summed E-state index contributed by atoms with van der Waals surface area (Å²) in [7, 11) is -3.44. The Kier molecular flexibility index (Phi) is 3.69. The lowest BCUT2D eigenvalue weighted by Gasteiger charge is -2.20. The van der Waals surface area contributed by atoms with Gasteiger partial charge in [0.1, 0.15) is 0 Å². The molecule has 0 aliphatic heterocycles. The van der Waals surface area contributed by atoms with Crippen molar-refractivity contribution in [3.05, 3.63) is 47.2 Å². The molecule has 4 nitrogen and oxygen atoms in total. The van der Waals surface area contributed by atoms with E-state index in [1.807, 2.05) is 6.20 Å². The van der Waals surface area contributed by atoms with Gasteiger partial charge in [-0.05, 0) is 37.1 Å². The predicted octanol–water partition coefficient (Wildman–Crippen LogP) is 3.47. The van der Waals surface area contributed by atoms with Crippen molar-refractivity contribution in [1.82, 2.24) is 4.57 Å². The lowest BCUT2D eigenvalue weighted by molar-refractivity contribution is 0.210. The number of nitrogens with zero attached hydrogens (tertiary/aromatic N) is 1. The van der Waals surface area contributed by atoms with Gasteiger partial charge in [-0.1, -0.05) is 31.5 Å². The summed E-state index contributed by atoms with van der Waals surface area (Å²) in [5.74, 6) is 0. The molecule has 0 saturated heterocycles. The number of benzene rings is 1. The molecule has 1 aliphatic rings. The van der Waals surface area contributed by atoms with Crippen LogP contribution in [-0.2, 0) is 26.3 Å². The molecule has 1 aliphatic carbocycles. The summed E-state index contributed by atoms with van der Waals surface area (Å²) in [6.45, 7) is 8.84. The molecule has 0 spiro atoms. The van der Waals surface area contributed by atoms with E-state index in [0.717, 1.165) is 6.26 Å². The maximum Gasteiger partial charge on any atom is 0.264 e. The van der Waals surface area contributed by atoms with Gasteiger partial charge in [0, 0.05) is 17.2 Å². The molecule has 2 aromatic rings. The first-order valence-corrected chi connectivity index (χ1v) is 9.60. The number of aromatic nitrogens is 1. The van der Waals surface area contributed by atoms with Crippen molar-refractivity contribution in [2.45, 2.75) is 45.8 Å². The van der Waals surface area contributed by atoms with Crippen molar-refractivity contribution in [3.63, 3.8) is 0 Å².